The number of likely N-dealkylation sites (N-methyl/N-ethyl adjacent to an activating group) is 2. The molecule has 0 atom stereocenters. The monoisotopic (exact) mass is 638 g/mol. The normalized spacial score (nSPS) is 11.9. The molecule has 6 aromatic rings. The predicted molar refractivity (Wildman–Crippen MR) is 182 cm³/mol. The maximum atomic E-state index is 13.9. The lowest BCUT2D eigenvalue weighted by Crippen LogP contribution is -2.28. The number of nitro benzene ring substituents is 1. The van der Waals surface area contributed by atoms with Crippen molar-refractivity contribution >= 4 is 55.0 Å². The smallest absolute Gasteiger partial charge is 0.294 e. The Hall–Kier alpha value is -5.27. The number of fused-ring (bicyclic) bond motifs is 2. The van der Waals surface area contributed by atoms with Gasteiger partial charge in [-0.15, -0.1) is 0 Å². The van der Waals surface area contributed by atoms with Crippen LogP contribution in [0.5, 0.6) is 0 Å². The lowest BCUT2D eigenvalue weighted by atomic mass is 10.1. The van der Waals surface area contributed by atoms with Gasteiger partial charge in [-0.25, -0.2) is 17.4 Å². The van der Waals surface area contributed by atoms with Crippen molar-refractivity contribution in [1.29, 1.82) is 0 Å². The molecule has 0 fully saturated rings. The van der Waals surface area contributed by atoms with E-state index in [1.165, 1.54) is 12.3 Å². The molecule has 0 saturated carbocycles. The first-order valence-electron chi connectivity index (χ1n) is 14.6. The second-order valence-electron chi connectivity index (χ2n) is 11.6. The lowest BCUT2D eigenvalue weighted by Gasteiger charge is -2.21. The highest BCUT2D eigenvalue weighted by Gasteiger charge is 2.24. The van der Waals surface area contributed by atoms with Crippen LogP contribution in [0.3, 0.4) is 0 Å². The highest BCUT2D eigenvalue weighted by Crippen LogP contribution is 2.37. The van der Waals surface area contributed by atoms with E-state index in [4.69, 9.17) is 4.98 Å². The molecule has 13 heteroatoms. The number of para-hydroxylation sites is 1. The molecule has 0 spiro atoms. The summed E-state index contributed by atoms with van der Waals surface area (Å²) < 4.78 is 28.9. The zero-order chi connectivity index (χ0) is 32.7. The molecule has 6 rings (SSSR count). The first kappa shape index (κ1) is 30.7. The number of aryl methyl sites for hydroxylation is 2. The second kappa shape index (κ2) is 11.9. The fourth-order valence-corrected chi connectivity index (χ4v) is 6.74. The summed E-state index contributed by atoms with van der Waals surface area (Å²) in [6.45, 7) is 5.22. The van der Waals surface area contributed by atoms with Gasteiger partial charge in [-0.1, -0.05) is 35.9 Å². The maximum Gasteiger partial charge on any atom is 0.294 e. The van der Waals surface area contributed by atoms with Crippen LogP contribution in [0, 0.1) is 24.0 Å². The van der Waals surface area contributed by atoms with Crippen molar-refractivity contribution in [3.05, 3.63) is 100 Å². The van der Waals surface area contributed by atoms with Crippen LogP contribution in [0.4, 0.5) is 23.0 Å². The number of aromatic amines is 1. The highest BCUT2D eigenvalue weighted by molar-refractivity contribution is 7.90. The van der Waals surface area contributed by atoms with Crippen LogP contribution in [0.15, 0.2) is 84.0 Å². The Bertz CT molecular complexity index is 2210. The number of hydrogen-bond acceptors (Lipinski definition) is 9. The van der Waals surface area contributed by atoms with Gasteiger partial charge in [0.05, 0.1) is 15.5 Å². The quantitative estimate of drug-likeness (QED) is 0.135. The third kappa shape index (κ3) is 5.66. The van der Waals surface area contributed by atoms with Crippen molar-refractivity contribution in [3.63, 3.8) is 0 Å². The predicted octanol–water partition coefficient (Wildman–Crippen LogP) is 6.08. The van der Waals surface area contributed by atoms with Gasteiger partial charge in [0.15, 0.2) is 5.65 Å². The molecule has 0 aliphatic carbocycles. The number of nitrogens with zero attached hydrogens (tertiary/aromatic N) is 6. The van der Waals surface area contributed by atoms with Gasteiger partial charge in [-0.05, 0) is 63.8 Å². The first-order valence-corrected chi connectivity index (χ1v) is 16.1. The van der Waals surface area contributed by atoms with E-state index in [1.54, 1.807) is 42.5 Å². The molecule has 0 saturated heterocycles. The van der Waals surface area contributed by atoms with Gasteiger partial charge in [0, 0.05) is 66.1 Å². The molecular weight excluding hydrogens is 604 g/mol. The SMILES string of the molecule is Cc1ccc(S(=O)(=O)n2ccc3c(-c4c[nH]c5c(C)cccc45)nc(Nc4ccc(N(C)CCN(C)C)c([N+](=O)[O-])c4)nc32)cc1. The Kier molecular flexibility index (Phi) is 7.96. The summed E-state index contributed by atoms with van der Waals surface area (Å²) in [5.74, 6) is 0.0894. The molecule has 0 unspecified atom stereocenters. The topological polar surface area (TPSA) is 142 Å². The number of nitro groups is 1. The van der Waals surface area contributed by atoms with Crippen molar-refractivity contribution in [2.75, 3.05) is 44.4 Å². The number of nitrogens with one attached hydrogen (secondary N) is 2. The highest BCUT2D eigenvalue weighted by atomic mass is 32.2. The van der Waals surface area contributed by atoms with Crippen molar-refractivity contribution in [2.45, 2.75) is 18.7 Å². The summed E-state index contributed by atoms with van der Waals surface area (Å²) in [5, 5.41) is 16.7. The van der Waals surface area contributed by atoms with E-state index in [0.29, 0.717) is 29.0 Å². The third-order valence-electron chi connectivity index (χ3n) is 7.99. The summed E-state index contributed by atoms with van der Waals surface area (Å²) >= 11 is 0. The zero-order valence-electron chi connectivity index (χ0n) is 26.1. The van der Waals surface area contributed by atoms with Gasteiger partial charge >= 0.3 is 0 Å². The van der Waals surface area contributed by atoms with Gasteiger partial charge in [-0.3, -0.25) is 10.1 Å². The summed E-state index contributed by atoms with van der Waals surface area (Å²) in [6.07, 6.45) is 3.32. The minimum Gasteiger partial charge on any atom is -0.368 e. The number of aromatic nitrogens is 4. The molecule has 0 aliphatic rings. The maximum absolute atomic E-state index is 13.9. The van der Waals surface area contributed by atoms with Crippen LogP contribution < -0.4 is 10.2 Å². The minimum atomic E-state index is -4.02. The van der Waals surface area contributed by atoms with E-state index in [-0.39, 0.29) is 22.2 Å². The molecule has 3 aromatic heterocycles. The van der Waals surface area contributed by atoms with E-state index >= 15 is 0 Å². The zero-order valence-corrected chi connectivity index (χ0v) is 27.0. The number of hydrogen-bond donors (Lipinski definition) is 2. The Morgan fingerprint density at radius 3 is 2.43 bits per heavy atom. The molecule has 0 amide bonds. The Balaban J connectivity index is 1.50. The molecule has 236 valence electrons. The van der Waals surface area contributed by atoms with Crippen molar-refractivity contribution in [1.82, 2.24) is 23.8 Å². The van der Waals surface area contributed by atoms with Gasteiger partial charge in [0.1, 0.15) is 5.69 Å². The van der Waals surface area contributed by atoms with E-state index in [2.05, 4.69) is 15.3 Å². The van der Waals surface area contributed by atoms with Crippen LogP contribution in [0.2, 0.25) is 0 Å². The summed E-state index contributed by atoms with van der Waals surface area (Å²) in [5.41, 5.74) is 5.16. The number of rotatable bonds is 10. The lowest BCUT2D eigenvalue weighted by molar-refractivity contribution is -0.384. The third-order valence-corrected chi connectivity index (χ3v) is 9.67. The first-order chi connectivity index (χ1) is 21.9. The molecule has 0 radical (unpaired) electrons. The van der Waals surface area contributed by atoms with Crippen molar-refractivity contribution in [2.24, 2.45) is 0 Å². The van der Waals surface area contributed by atoms with Crippen LogP contribution in [-0.2, 0) is 10.0 Å². The fraction of sp³-hybridized carbons (Fsp3) is 0.212. The molecule has 3 aromatic carbocycles. The van der Waals surface area contributed by atoms with Gasteiger partial charge in [-0.2, -0.15) is 4.98 Å². The standard InChI is InChI=1S/C33H34N8O4S/c1-21-9-12-24(13-10-21)46(44,45)40-16-15-26-31(27-20-34-30-22(2)7-6-8-25(27)30)36-33(37-32(26)40)35-23-11-14-28(29(19-23)41(42)43)39(5)18-17-38(3)4/h6-16,19-20,34H,17-18H2,1-5H3,(H,35,36,37). The van der Waals surface area contributed by atoms with E-state index in [1.807, 2.05) is 69.2 Å². The van der Waals surface area contributed by atoms with Crippen LogP contribution >= 0.6 is 0 Å². The minimum absolute atomic E-state index is 0.0787. The second-order valence-corrected chi connectivity index (χ2v) is 13.4. The average Bonchev–Trinajstić information content (AvgIpc) is 3.66. The molecule has 12 nitrogen and oxygen atoms in total. The number of anilines is 3. The van der Waals surface area contributed by atoms with Crippen LogP contribution in [-0.4, -0.2) is 71.4 Å². The van der Waals surface area contributed by atoms with Crippen molar-refractivity contribution in [3.8, 4) is 11.3 Å². The Labute approximate surface area is 266 Å². The number of benzene rings is 3. The largest absolute Gasteiger partial charge is 0.368 e. The van der Waals surface area contributed by atoms with Crippen LogP contribution in [0.25, 0.3) is 33.2 Å². The molecule has 0 aliphatic heterocycles. The summed E-state index contributed by atoms with van der Waals surface area (Å²) in [4.78, 5) is 28.5. The van der Waals surface area contributed by atoms with E-state index in [0.717, 1.165) is 38.1 Å². The van der Waals surface area contributed by atoms with Gasteiger partial charge < -0.3 is 20.1 Å². The molecule has 46 heavy (non-hydrogen) atoms. The van der Waals surface area contributed by atoms with Gasteiger partial charge in [0.2, 0.25) is 5.95 Å². The molecular formula is C33H34N8O4S. The number of H-pyrrole nitrogens is 1. The van der Waals surface area contributed by atoms with E-state index in [9.17, 15) is 18.5 Å². The summed E-state index contributed by atoms with van der Waals surface area (Å²) in [6, 6.07) is 19.1. The van der Waals surface area contributed by atoms with Gasteiger partial charge in [0.25, 0.3) is 15.7 Å². The molecule has 3 heterocycles. The Morgan fingerprint density at radius 1 is 0.957 bits per heavy atom. The molecule has 0 bridgehead atoms. The van der Waals surface area contributed by atoms with Crippen molar-refractivity contribution < 1.29 is 13.3 Å². The molecule has 2 N–H and O–H groups in total. The van der Waals surface area contributed by atoms with Crippen LogP contribution in [0.1, 0.15) is 11.1 Å². The summed E-state index contributed by atoms with van der Waals surface area (Å²) in [7, 11) is 1.69. The average molecular weight is 639 g/mol. The fourth-order valence-electron chi connectivity index (χ4n) is 5.44. The Morgan fingerprint density at radius 2 is 1.72 bits per heavy atom. The van der Waals surface area contributed by atoms with E-state index < -0.39 is 14.9 Å².